The second-order valence-electron chi connectivity index (χ2n) is 5.87. The molecule has 0 amide bonds. The van der Waals surface area contributed by atoms with Crippen molar-refractivity contribution in [1.29, 1.82) is 0 Å². The summed E-state index contributed by atoms with van der Waals surface area (Å²) in [4.78, 5) is 72.5. The molecule has 0 saturated heterocycles. The zero-order valence-electron chi connectivity index (χ0n) is 17.0. The Kier molecular flexibility index (Phi) is 10.6. The second-order valence-corrected chi connectivity index (χ2v) is 5.87. The Morgan fingerprint density at radius 1 is 0.441 bits per heavy atom. The molecule has 0 spiro atoms. The van der Waals surface area contributed by atoms with Crippen LogP contribution in [0.5, 0.6) is 0 Å². The van der Waals surface area contributed by atoms with E-state index in [1.807, 2.05) is 0 Å². The molecule has 0 saturated carbocycles. The Labute approximate surface area is 188 Å². The molecule has 2 rings (SSSR count). The van der Waals surface area contributed by atoms with Crippen molar-refractivity contribution in [3.63, 3.8) is 0 Å². The first-order valence-corrected chi connectivity index (χ1v) is 8.47. The molecular weight excluding hydrogens is 464 g/mol. The lowest BCUT2D eigenvalue weighted by atomic mass is 10.0. The Morgan fingerprint density at radius 3 is 0.853 bits per heavy atom. The predicted octanol–water partition coefficient (Wildman–Crippen LogP) is 1.65. The molecule has 0 atom stereocenters. The molecule has 34 heavy (non-hydrogen) atoms. The van der Waals surface area contributed by atoms with Crippen molar-refractivity contribution in [3.05, 3.63) is 69.8 Å². The highest BCUT2D eigenvalue weighted by Gasteiger charge is 2.19. The SMILES string of the molecule is CC(=O)O.O=C(O)c1ccc(C(=O)O)c(C(=O)O)c1.O=C(O)c1ccc(C(=O)O)c(C(=O)O)c1. The molecule has 7 N–H and O–H groups in total. The maximum absolute atomic E-state index is 10.6. The van der Waals surface area contributed by atoms with Crippen molar-refractivity contribution in [3.8, 4) is 0 Å². The molecule has 14 nitrogen and oxygen atoms in total. The van der Waals surface area contributed by atoms with Gasteiger partial charge < -0.3 is 35.7 Å². The van der Waals surface area contributed by atoms with E-state index in [4.69, 9.17) is 40.5 Å². The van der Waals surface area contributed by atoms with Gasteiger partial charge in [-0.2, -0.15) is 0 Å². The van der Waals surface area contributed by atoms with Gasteiger partial charge in [0.2, 0.25) is 0 Å². The first-order chi connectivity index (χ1) is 15.6. The number of benzene rings is 2. The number of hydrogen-bond acceptors (Lipinski definition) is 7. The largest absolute Gasteiger partial charge is 0.481 e. The van der Waals surface area contributed by atoms with Crippen molar-refractivity contribution in [2.75, 3.05) is 0 Å². The lowest BCUT2D eigenvalue weighted by Gasteiger charge is -2.02. The van der Waals surface area contributed by atoms with E-state index in [9.17, 15) is 28.8 Å². The minimum absolute atomic E-state index is 0.266. The van der Waals surface area contributed by atoms with Crippen molar-refractivity contribution in [1.82, 2.24) is 0 Å². The highest BCUT2D eigenvalue weighted by atomic mass is 16.4. The number of carboxylic acid groups (broad SMARTS) is 7. The molecule has 0 aliphatic carbocycles. The van der Waals surface area contributed by atoms with Crippen LogP contribution in [0.2, 0.25) is 0 Å². The molecule has 14 heteroatoms. The van der Waals surface area contributed by atoms with Gasteiger partial charge in [-0.3, -0.25) is 4.79 Å². The molecular formula is C20H16O14. The van der Waals surface area contributed by atoms with E-state index in [0.717, 1.165) is 43.3 Å². The van der Waals surface area contributed by atoms with Gasteiger partial charge in [-0.1, -0.05) is 0 Å². The van der Waals surface area contributed by atoms with Gasteiger partial charge >= 0.3 is 35.8 Å². The van der Waals surface area contributed by atoms with E-state index in [0.29, 0.717) is 0 Å². The smallest absolute Gasteiger partial charge is 0.336 e. The van der Waals surface area contributed by atoms with Crippen LogP contribution in [0, 0.1) is 0 Å². The van der Waals surface area contributed by atoms with E-state index in [2.05, 4.69) is 0 Å². The number of aliphatic carboxylic acids is 1. The number of carboxylic acids is 7. The third-order valence-corrected chi connectivity index (χ3v) is 3.45. The number of aromatic carboxylic acids is 6. The van der Waals surface area contributed by atoms with Crippen LogP contribution >= 0.6 is 0 Å². The van der Waals surface area contributed by atoms with Gasteiger partial charge in [0, 0.05) is 6.92 Å². The van der Waals surface area contributed by atoms with Crippen LogP contribution in [-0.2, 0) is 4.79 Å². The Balaban J connectivity index is 0.000000554. The quantitative estimate of drug-likeness (QED) is 0.310. The molecule has 0 aliphatic heterocycles. The molecule has 0 radical (unpaired) electrons. The van der Waals surface area contributed by atoms with Crippen LogP contribution in [-0.4, -0.2) is 77.5 Å². The highest BCUT2D eigenvalue weighted by Crippen LogP contribution is 2.13. The fraction of sp³-hybridized carbons (Fsp3) is 0.0500. The highest BCUT2D eigenvalue weighted by molar-refractivity contribution is 6.04. The van der Waals surface area contributed by atoms with Gasteiger partial charge in [-0.05, 0) is 36.4 Å². The van der Waals surface area contributed by atoms with Crippen LogP contribution in [0.4, 0.5) is 0 Å². The third kappa shape index (κ3) is 8.84. The lowest BCUT2D eigenvalue weighted by Crippen LogP contribution is -2.10. The molecule has 0 bridgehead atoms. The Hall–Kier alpha value is -5.27. The van der Waals surface area contributed by atoms with Crippen LogP contribution in [0.15, 0.2) is 36.4 Å². The summed E-state index contributed by atoms with van der Waals surface area (Å²) >= 11 is 0. The number of rotatable bonds is 6. The molecule has 0 aliphatic rings. The van der Waals surface area contributed by atoms with E-state index >= 15 is 0 Å². The fourth-order valence-electron chi connectivity index (χ4n) is 2.08. The molecule has 0 fully saturated rings. The van der Waals surface area contributed by atoms with E-state index in [1.165, 1.54) is 0 Å². The van der Waals surface area contributed by atoms with Crippen LogP contribution in [0.25, 0.3) is 0 Å². The van der Waals surface area contributed by atoms with Gasteiger partial charge in [-0.15, -0.1) is 0 Å². The number of carbonyl (C=O) groups is 7. The fourth-order valence-corrected chi connectivity index (χ4v) is 2.08. The maximum Gasteiger partial charge on any atom is 0.336 e. The summed E-state index contributed by atoms with van der Waals surface area (Å²) < 4.78 is 0. The topological polar surface area (TPSA) is 261 Å². The summed E-state index contributed by atoms with van der Waals surface area (Å²) in [6.07, 6.45) is 0. The molecule has 2 aromatic rings. The second kappa shape index (κ2) is 12.6. The lowest BCUT2D eigenvalue weighted by molar-refractivity contribution is -0.134. The molecule has 0 unspecified atom stereocenters. The van der Waals surface area contributed by atoms with Crippen molar-refractivity contribution in [2.45, 2.75) is 6.92 Å². The summed E-state index contributed by atoms with van der Waals surface area (Å²) in [7, 11) is 0. The number of hydrogen-bond donors (Lipinski definition) is 7. The van der Waals surface area contributed by atoms with E-state index in [-0.39, 0.29) is 11.1 Å². The molecule has 0 heterocycles. The normalized spacial score (nSPS) is 9.21. The van der Waals surface area contributed by atoms with E-state index in [1.54, 1.807) is 0 Å². The van der Waals surface area contributed by atoms with Crippen molar-refractivity contribution >= 4 is 41.8 Å². The monoisotopic (exact) mass is 480 g/mol. The molecule has 2 aromatic carbocycles. The summed E-state index contributed by atoms with van der Waals surface area (Å²) in [6.45, 7) is 1.08. The zero-order valence-corrected chi connectivity index (χ0v) is 17.0. The molecule has 180 valence electrons. The van der Waals surface area contributed by atoms with Crippen LogP contribution < -0.4 is 0 Å². The van der Waals surface area contributed by atoms with Gasteiger partial charge in [0.15, 0.2) is 0 Å². The van der Waals surface area contributed by atoms with E-state index < -0.39 is 64.0 Å². The average molecular weight is 480 g/mol. The standard InChI is InChI=1S/2C9H6O6.C2H4O2/c2*10-7(11)4-1-2-5(8(12)13)6(3-4)9(14)15;1-2(3)4/h2*1-3H,(H,10,11)(H,12,13)(H,14,15);1H3,(H,3,4). The van der Waals surface area contributed by atoms with Crippen LogP contribution in [0.1, 0.15) is 69.1 Å². The van der Waals surface area contributed by atoms with Gasteiger partial charge in [0.1, 0.15) is 0 Å². The molecule has 0 aromatic heterocycles. The maximum atomic E-state index is 10.6. The van der Waals surface area contributed by atoms with Gasteiger partial charge in [-0.25, -0.2) is 28.8 Å². The summed E-state index contributed by atoms with van der Waals surface area (Å²) in [6, 6.07) is 5.61. The first-order valence-electron chi connectivity index (χ1n) is 8.47. The minimum Gasteiger partial charge on any atom is -0.481 e. The average Bonchev–Trinajstić information content (AvgIpc) is 2.72. The Bertz CT molecular complexity index is 1070. The Morgan fingerprint density at radius 2 is 0.676 bits per heavy atom. The summed E-state index contributed by atoms with van der Waals surface area (Å²) in [5.74, 6) is -9.23. The predicted molar refractivity (Wildman–Crippen MR) is 108 cm³/mol. The zero-order chi connectivity index (χ0) is 26.7. The van der Waals surface area contributed by atoms with Gasteiger partial charge in [0.05, 0.1) is 33.4 Å². The van der Waals surface area contributed by atoms with Crippen molar-refractivity contribution < 1.29 is 69.3 Å². The summed E-state index contributed by atoms with van der Waals surface area (Å²) in [5, 5.41) is 59.2. The summed E-state index contributed by atoms with van der Waals surface area (Å²) in [5.41, 5.74) is -2.49. The third-order valence-electron chi connectivity index (χ3n) is 3.45. The first kappa shape index (κ1) is 28.7. The van der Waals surface area contributed by atoms with Gasteiger partial charge in [0.25, 0.3) is 5.97 Å². The van der Waals surface area contributed by atoms with Crippen molar-refractivity contribution in [2.24, 2.45) is 0 Å². The minimum atomic E-state index is -1.48. The van der Waals surface area contributed by atoms with Crippen LogP contribution in [0.3, 0.4) is 0 Å².